The number of rotatable bonds is 4. The van der Waals surface area contributed by atoms with Gasteiger partial charge in [-0.25, -0.2) is 16.8 Å². The molecule has 1 aromatic carbocycles. The SMILES string of the molecule is CS(=O)(=O)Nc1ccc(S(=O)(=O)C(F)F)cc1. The third kappa shape index (κ3) is 3.63. The van der Waals surface area contributed by atoms with Crippen LogP contribution in [0.3, 0.4) is 0 Å². The second-order valence-electron chi connectivity index (χ2n) is 3.20. The molecule has 9 heteroatoms. The first kappa shape index (κ1) is 13.8. The molecule has 96 valence electrons. The zero-order valence-corrected chi connectivity index (χ0v) is 10.2. The van der Waals surface area contributed by atoms with Crippen molar-refractivity contribution in [3.05, 3.63) is 24.3 Å². The molecule has 0 radical (unpaired) electrons. The van der Waals surface area contributed by atoms with E-state index in [2.05, 4.69) is 4.72 Å². The molecule has 0 aliphatic heterocycles. The van der Waals surface area contributed by atoms with Gasteiger partial charge in [0.25, 0.3) is 0 Å². The standard InChI is InChI=1S/C8H9F2NO4S2/c1-16(12,13)11-6-2-4-7(5-3-6)17(14,15)8(9)10/h2-5,8,11H,1H3. The number of nitrogens with one attached hydrogen (secondary N) is 1. The fourth-order valence-corrected chi connectivity index (χ4v) is 2.32. The molecule has 0 saturated heterocycles. The van der Waals surface area contributed by atoms with Gasteiger partial charge in [0, 0.05) is 5.69 Å². The van der Waals surface area contributed by atoms with E-state index in [0.717, 1.165) is 30.5 Å². The van der Waals surface area contributed by atoms with Gasteiger partial charge in [0.1, 0.15) is 0 Å². The minimum absolute atomic E-state index is 0.0979. The van der Waals surface area contributed by atoms with Gasteiger partial charge < -0.3 is 0 Å². The first-order valence-electron chi connectivity index (χ1n) is 4.23. The van der Waals surface area contributed by atoms with Crippen molar-refractivity contribution in [2.75, 3.05) is 11.0 Å². The third-order valence-corrected chi connectivity index (χ3v) is 3.73. The highest BCUT2D eigenvalue weighted by Crippen LogP contribution is 2.20. The van der Waals surface area contributed by atoms with Gasteiger partial charge in [-0.1, -0.05) is 0 Å². The molecule has 5 nitrogen and oxygen atoms in total. The number of hydrogen-bond donors (Lipinski definition) is 1. The molecule has 0 unspecified atom stereocenters. The molecule has 1 aromatic rings. The molecule has 0 heterocycles. The number of sulfonamides is 1. The molecule has 0 bridgehead atoms. The zero-order chi connectivity index (χ0) is 13.3. The Balaban J connectivity index is 3.05. The molecule has 0 aliphatic carbocycles. The molecule has 0 aromatic heterocycles. The topological polar surface area (TPSA) is 80.3 Å². The van der Waals surface area contributed by atoms with Gasteiger partial charge >= 0.3 is 5.76 Å². The molecule has 0 amide bonds. The Labute approximate surface area is 97.4 Å². The largest absolute Gasteiger partial charge is 0.341 e. The lowest BCUT2D eigenvalue weighted by Crippen LogP contribution is -2.12. The summed E-state index contributed by atoms with van der Waals surface area (Å²) < 4.78 is 70.2. The molecule has 0 atom stereocenters. The van der Waals surface area contributed by atoms with Gasteiger partial charge in [0.05, 0.1) is 11.2 Å². The Morgan fingerprint density at radius 3 is 1.88 bits per heavy atom. The van der Waals surface area contributed by atoms with Gasteiger partial charge in [-0.15, -0.1) is 0 Å². The predicted octanol–water partition coefficient (Wildman–Crippen LogP) is 1.05. The summed E-state index contributed by atoms with van der Waals surface area (Å²) in [6.07, 6.45) is 0.914. The predicted molar refractivity (Wildman–Crippen MR) is 58.1 cm³/mol. The second-order valence-corrected chi connectivity index (χ2v) is 6.87. The van der Waals surface area contributed by atoms with Crippen LogP contribution in [0.4, 0.5) is 14.5 Å². The minimum Gasteiger partial charge on any atom is -0.284 e. The fourth-order valence-electron chi connectivity index (χ4n) is 1.03. The Kier molecular flexibility index (Phi) is 3.72. The molecular formula is C8H9F2NO4S2. The maximum atomic E-state index is 12.2. The third-order valence-electron chi connectivity index (χ3n) is 1.72. The summed E-state index contributed by atoms with van der Waals surface area (Å²) >= 11 is 0. The van der Waals surface area contributed by atoms with Crippen molar-refractivity contribution in [3.63, 3.8) is 0 Å². The van der Waals surface area contributed by atoms with Crippen molar-refractivity contribution in [1.29, 1.82) is 0 Å². The van der Waals surface area contributed by atoms with E-state index in [1.54, 1.807) is 0 Å². The smallest absolute Gasteiger partial charge is 0.284 e. The van der Waals surface area contributed by atoms with Crippen LogP contribution in [-0.2, 0) is 19.9 Å². The highest BCUT2D eigenvalue weighted by molar-refractivity contribution is 7.92. The molecule has 0 aliphatic rings. The number of halogens is 2. The van der Waals surface area contributed by atoms with Crippen molar-refractivity contribution in [3.8, 4) is 0 Å². The monoisotopic (exact) mass is 285 g/mol. The number of hydrogen-bond acceptors (Lipinski definition) is 4. The lowest BCUT2D eigenvalue weighted by molar-refractivity contribution is 0.234. The highest BCUT2D eigenvalue weighted by atomic mass is 32.2. The first-order chi connectivity index (χ1) is 7.63. The first-order valence-corrected chi connectivity index (χ1v) is 7.66. The van der Waals surface area contributed by atoms with Crippen molar-refractivity contribution in [2.24, 2.45) is 0 Å². The second kappa shape index (κ2) is 4.57. The lowest BCUT2D eigenvalue weighted by Gasteiger charge is -2.06. The van der Waals surface area contributed by atoms with E-state index in [9.17, 15) is 25.6 Å². The Bertz CT molecular complexity index is 593. The van der Waals surface area contributed by atoms with Crippen LogP contribution < -0.4 is 4.72 Å². The van der Waals surface area contributed by atoms with Crippen LogP contribution in [0.15, 0.2) is 29.2 Å². The van der Waals surface area contributed by atoms with E-state index < -0.39 is 30.5 Å². The van der Waals surface area contributed by atoms with E-state index in [0.29, 0.717) is 0 Å². The highest BCUT2D eigenvalue weighted by Gasteiger charge is 2.26. The van der Waals surface area contributed by atoms with Crippen LogP contribution in [0, 0.1) is 0 Å². The summed E-state index contributed by atoms with van der Waals surface area (Å²) in [5.74, 6) is -3.50. The van der Waals surface area contributed by atoms with Crippen LogP contribution in [0.5, 0.6) is 0 Å². The van der Waals surface area contributed by atoms with E-state index in [1.165, 1.54) is 0 Å². The molecule has 0 spiro atoms. The van der Waals surface area contributed by atoms with Gasteiger partial charge in [-0.2, -0.15) is 8.78 Å². The van der Waals surface area contributed by atoms with E-state index >= 15 is 0 Å². The van der Waals surface area contributed by atoms with Gasteiger partial charge in [-0.05, 0) is 24.3 Å². The molecule has 0 fully saturated rings. The Morgan fingerprint density at radius 2 is 1.53 bits per heavy atom. The summed E-state index contributed by atoms with van der Waals surface area (Å²) in [4.78, 5) is -0.563. The maximum Gasteiger partial charge on any atom is 0.341 e. The number of alkyl halides is 2. The average molecular weight is 285 g/mol. The maximum absolute atomic E-state index is 12.2. The summed E-state index contributed by atoms with van der Waals surface area (Å²) in [6.45, 7) is 0. The van der Waals surface area contributed by atoms with Crippen LogP contribution in [0.1, 0.15) is 0 Å². The van der Waals surface area contributed by atoms with E-state index in [4.69, 9.17) is 0 Å². The molecule has 1 N–H and O–H groups in total. The van der Waals surface area contributed by atoms with Crippen LogP contribution in [0.25, 0.3) is 0 Å². The Hall–Kier alpha value is -1.22. The minimum atomic E-state index is -4.65. The van der Waals surface area contributed by atoms with E-state index in [1.807, 2.05) is 0 Å². The Morgan fingerprint density at radius 1 is 1.06 bits per heavy atom. The average Bonchev–Trinajstić information content (AvgIpc) is 2.15. The van der Waals surface area contributed by atoms with Crippen molar-refractivity contribution >= 4 is 25.5 Å². The fraction of sp³-hybridized carbons (Fsp3) is 0.250. The zero-order valence-electron chi connectivity index (χ0n) is 8.59. The van der Waals surface area contributed by atoms with E-state index in [-0.39, 0.29) is 5.69 Å². The van der Waals surface area contributed by atoms with Crippen molar-refractivity contribution in [2.45, 2.75) is 10.7 Å². The molecular weight excluding hydrogens is 276 g/mol. The van der Waals surface area contributed by atoms with Gasteiger partial charge in [-0.3, -0.25) is 4.72 Å². The van der Waals surface area contributed by atoms with Gasteiger partial charge in [0.2, 0.25) is 19.9 Å². The molecule has 1 rings (SSSR count). The number of sulfone groups is 1. The summed E-state index contributed by atoms with van der Waals surface area (Å²) in [5.41, 5.74) is 0.0979. The van der Waals surface area contributed by atoms with Crippen molar-refractivity contribution in [1.82, 2.24) is 0 Å². The summed E-state index contributed by atoms with van der Waals surface area (Å²) in [7, 11) is -8.14. The van der Waals surface area contributed by atoms with Crippen molar-refractivity contribution < 1.29 is 25.6 Å². The summed E-state index contributed by atoms with van der Waals surface area (Å²) in [6, 6.07) is 4.01. The quantitative estimate of drug-likeness (QED) is 0.896. The van der Waals surface area contributed by atoms with Gasteiger partial charge in [0.15, 0.2) is 0 Å². The van der Waals surface area contributed by atoms with Crippen LogP contribution in [0.2, 0.25) is 0 Å². The van der Waals surface area contributed by atoms with Crippen LogP contribution in [-0.4, -0.2) is 28.8 Å². The number of anilines is 1. The normalized spacial score (nSPS) is 12.7. The number of benzene rings is 1. The summed E-state index contributed by atoms with van der Waals surface area (Å²) in [5, 5.41) is 0. The molecule has 17 heavy (non-hydrogen) atoms. The lowest BCUT2D eigenvalue weighted by atomic mass is 10.3. The molecule has 0 saturated carbocycles. The van der Waals surface area contributed by atoms with Crippen LogP contribution >= 0.6 is 0 Å².